The first-order valence-electron chi connectivity index (χ1n) is 6.86. The Kier molecular flexibility index (Phi) is 5.15. The van der Waals surface area contributed by atoms with Gasteiger partial charge in [0.15, 0.2) is 0 Å². The number of hydrogen-bond donors (Lipinski definition) is 2. The van der Waals surface area contributed by atoms with E-state index < -0.39 is 6.09 Å². The highest BCUT2D eigenvalue weighted by molar-refractivity contribution is 5.84. The molecule has 0 unspecified atom stereocenters. The highest BCUT2D eigenvalue weighted by Gasteiger charge is 2.02. The van der Waals surface area contributed by atoms with E-state index in [0.717, 1.165) is 11.3 Å². The molecule has 2 aromatic rings. The molecule has 2 N–H and O–H groups in total. The number of hydrogen-bond acceptors (Lipinski definition) is 4. The highest BCUT2D eigenvalue weighted by atomic mass is 16.5. The molecule has 0 saturated carbocycles. The second-order valence-electron chi connectivity index (χ2n) is 4.58. The van der Waals surface area contributed by atoms with Crippen LogP contribution in [0.25, 0.3) is 0 Å². The van der Waals surface area contributed by atoms with Crippen molar-refractivity contribution in [2.45, 2.75) is 20.4 Å². The lowest BCUT2D eigenvalue weighted by Gasteiger charge is -2.10. The van der Waals surface area contributed by atoms with Crippen molar-refractivity contribution in [3.63, 3.8) is 0 Å². The smallest absolute Gasteiger partial charge is 0.411 e. The Morgan fingerprint density at radius 2 is 1.90 bits per heavy atom. The number of aromatic nitrogens is 1. The topological polar surface area (TPSA) is 63.2 Å². The SMILES string of the molecule is CCOC(=O)Nc1ccc(NCc2cnccc2C)cc1. The number of aryl methyl sites for hydroxylation is 1. The van der Waals surface area contributed by atoms with Gasteiger partial charge >= 0.3 is 6.09 Å². The van der Waals surface area contributed by atoms with Crippen molar-refractivity contribution < 1.29 is 9.53 Å². The third kappa shape index (κ3) is 4.49. The number of ether oxygens (including phenoxy) is 1. The fourth-order valence-corrected chi connectivity index (χ4v) is 1.84. The standard InChI is InChI=1S/C16H19N3O2/c1-3-21-16(20)19-15-6-4-14(5-7-15)18-11-13-10-17-9-8-12(13)2/h4-10,18H,3,11H2,1-2H3,(H,19,20). The number of amides is 1. The van der Waals surface area contributed by atoms with Gasteiger partial charge < -0.3 is 10.1 Å². The summed E-state index contributed by atoms with van der Waals surface area (Å²) in [6.45, 7) is 4.90. The Bertz CT molecular complexity index is 597. The second-order valence-corrected chi connectivity index (χ2v) is 4.58. The number of carbonyl (C=O) groups is 1. The molecule has 1 amide bonds. The molecule has 1 heterocycles. The Morgan fingerprint density at radius 3 is 2.57 bits per heavy atom. The predicted molar refractivity (Wildman–Crippen MR) is 83.4 cm³/mol. The molecule has 5 heteroatoms. The lowest BCUT2D eigenvalue weighted by atomic mass is 10.1. The van der Waals surface area contributed by atoms with Gasteiger partial charge in [0.05, 0.1) is 6.61 Å². The zero-order chi connectivity index (χ0) is 15.1. The summed E-state index contributed by atoms with van der Waals surface area (Å²) in [4.78, 5) is 15.4. The van der Waals surface area contributed by atoms with Gasteiger partial charge in [0.2, 0.25) is 0 Å². The van der Waals surface area contributed by atoms with Crippen LogP contribution in [0.1, 0.15) is 18.1 Å². The third-order valence-corrected chi connectivity index (χ3v) is 3.04. The maximum absolute atomic E-state index is 11.3. The van der Waals surface area contributed by atoms with Gasteiger partial charge in [-0.1, -0.05) is 0 Å². The van der Waals surface area contributed by atoms with E-state index in [9.17, 15) is 4.79 Å². The van der Waals surface area contributed by atoms with E-state index in [2.05, 4.69) is 22.5 Å². The summed E-state index contributed by atoms with van der Waals surface area (Å²) in [6, 6.07) is 9.47. The Morgan fingerprint density at radius 1 is 1.19 bits per heavy atom. The first-order valence-corrected chi connectivity index (χ1v) is 6.86. The summed E-state index contributed by atoms with van der Waals surface area (Å²) in [6.07, 6.45) is 3.21. The quantitative estimate of drug-likeness (QED) is 0.881. The average Bonchev–Trinajstić information content (AvgIpc) is 2.48. The monoisotopic (exact) mass is 285 g/mol. The minimum Gasteiger partial charge on any atom is -0.450 e. The molecule has 0 radical (unpaired) electrons. The van der Waals surface area contributed by atoms with Gasteiger partial charge in [-0.25, -0.2) is 4.79 Å². The first kappa shape index (κ1) is 14.8. The normalized spacial score (nSPS) is 10.0. The van der Waals surface area contributed by atoms with Crippen LogP contribution in [-0.4, -0.2) is 17.7 Å². The summed E-state index contributed by atoms with van der Waals surface area (Å²) in [5.74, 6) is 0. The van der Waals surface area contributed by atoms with Crippen LogP contribution in [0.3, 0.4) is 0 Å². The lowest BCUT2D eigenvalue weighted by molar-refractivity contribution is 0.168. The molecule has 0 aliphatic heterocycles. The van der Waals surface area contributed by atoms with Crippen LogP contribution < -0.4 is 10.6 Å². The van der Waals surface area contributed by atoms with Gasteiger partial charge in [0, 0.05) is 30.3 Å². The molecule has 0 spiro atoms. The van der Waals surface area contributed by atoms with E-state index in [1.165, 1.54) is 5.56 Å². The van der Waals surface area contributed by atoms with E-state index in [0.29, 0.717) is 18.8 Å². The molecule has 0 bridgehead atoms. The fourth-order valence-electron chi connectivity index (χ4n) is 1.84. The molecule has 21 heavy (non-hydrogen) atoms. The van der Waals surface area contributed by atoms with E-state index in [-0.39, 0.29) is 0 Å². The molecule has 1 aromatic heterocycles. The molecule has 0 atom stereocenters. The van der Waals surface area contributed by atoms with Crippen LogP contribution in [-0.2, 0) is 11.3 Å². The van der Waals surface area contributed by atoms with Crippen LogP contribution in [0.4, 0.5) is 16.2 Å². The average molecular weight is 285 g/mol. The van der Waals surface area contributed by atoms with E-state index in [4.69, 9.17) is 4.74 Å². The highest BCUT2D eigenvalue weighted by Crippen LogP contribution is 2.15. The molecular weight excluding hydrogens is 266 g/mol. The van der Waals surface area contributed by atoms with Gasteiger partial charge in [0.1, 0.15) is 0 Å². The second kappa shape index (κ2) is 7.28. The van der Waals surface area contributed by atoms with Gasteiger partial charge in [-0.15, -0.1) is 0 Å². The Labute approximate surface area is 124 Å². The van der Waals surface area contributed by atoms with E-state index in [1.54, 1.807) is 13.1 Å². The van der Waals surface area contributed by atoms with Crippen LogP contribution in [0.2, 0.25) is 0 Å². The van der Waals surface area contributed by atoms with Gasteiger partial charge in [-0.2, -0.15) is 0 Å². The number of nitrogens with one attached hydrogen (secondary N) is 2. The van der Waals surface area contributed by atoms with Gasteiger partial charge in [-0.3, -0.25) is 10.3 Å². The Balaban J connectivity index is 1.91. The lowest BCUT2D eigenvalue weighted by Crippen LogP contribution is -2.13. The number of nitrogens with zero attached hydrogens (tertiary/aromatic N) is 1. The summed E-state index contributed by atoms with van der Waals surface area (Å²) in [5, 5.41) is 5.98. The third-order valence-electron chi connectivity index (χ3n) is 3.04. The zero-order valence-corrected chi connectivity index (χ0v) is 12.2. The number of rotatable bonds is 5. The molecule has 1 aromatic carbocycles. The largest absolute Gasteiger partial charge is 0.450 e. The molecular formula is C16H19N3O2. The molecule has 2 rings (SSSR count). The first-order chi connectivity index (χ1) is 10.2. The Hall–Kier alpha value is -2.56. The van der Waals surface area contributed by atoms with Crippen molar-refractivity contribution in [1.29, 1.82) is 0 Å². The van der Waals surface area contributed by atoms with E-state index in [1.807, 2.05) is 36.5 Å². The number of benzene rings is 1. The number of carbonyl (C=O) groups excluding carboxylic acids is 1. The van der Waals surface area contributed by atoms with Crippen molar-refractivity contribution in [3.05, 3.63) is 53.9 Å². The molecule has 0 aliphatic carbocycles. The molecule has 0 fully saturated rings. The minimum absolute atomic E-state index is 0.357. The van der Waals surface area contributed by atoms with Crippen LogP contribution in [0.5, 0.6) is 0 Å². The maximum atomic E-state index is 11.3. The zero-order valence-electron chi connectivity index (χ0n) is 12.2. The van der Waals surface area contributed by atoms with Crippen molar-refractivity contribution >= 4 is 17.5 Å². The molecule has 0 saturated heterocycles. The summed E-state index contributed by atoms with van der Waals surface area (Å²) in [7, 11) is 0. The fraction of sp³-hybridized carbons (Fsp3) is 0.250. The van der Waals surface area contributed by atoms with Crippen molar-refractivity contribution in [1.82, 2.24) is 4.98 Å². The summed E-state index contributed by atoms with van der Waals surface area (Å²) in [5.41, 5.74) is 4.05. The van der Waals surface area contributed by atoms with Crippen molar-refractivity contribution in [2.75, 3.05) is 17.2 Å². The summed E-state index contributed by atoms with van der Waals surface area (Å²) >= 11 is 0. The summed E-state index contributed by atoms with van der Waals surface area (Å²) < 4.78 is 4.82. The van der Waals surface area contributed by atoms with Crippen LogP contribution in [0.15, 0.2) is 42.7 Å². The van der Waals surface area contributed by atoms with E-state index >= 15 is 0 Å². The molecule has 0 aliphatic rings. The minimum atomic E-state index is -0.441. The maximum Gasteiger partial charge on any atom is 0.411 e. The molecule has 5 nitrogen and oxygen atoms in total. The number of anilines is 2. The van der Waals surface area contributed by atoms with Crippen LogP contribution in [0, 0.1) is 6.92 Å². The predicted octanol–water partition coefficient (Wildman–Crippen LogP) is 3.57. The van der Waals surface area contributed by atoms with Gasteiger partial charge in [0.25, 0.3) is 0 Å². The van der Waals surface area contributed by atoms with Crippen molar-refractivity contribution in [2.24, 2.45) is 0 Å². The molecule has 110 valence electrons. The van der Waals surface area contributed by atoms with Crippen molar-refractivity contribution in [3.8, 4) is 0 Å². The van der Waals surface area contributed by atoms with Gasteiger partial charge in [-0.05, 0) is 55.3 Å². The van der Waals surface area contributed by atoms with Crippen LogP contribution >= 0.6 is 0 Å². The number of pyridine rings is 1.